The first kappa shape index (κ1) is 23.1. The summed E-state index contributed by atoms with van der Waals surface area (Å²) in [6, 6.07) is 12.6. The fraction of sp³-hybridized carbons (Fsp3) is 0.480. The fourth-order valence-electron chi connectivity index (χ4n) is 3.99. The Morgan fingerprint density at radius 2 is 1.81 bits per heavy atom. The lowest BCUT2D eigenvalue weighted by atomic mass is 9.95. The third kappa shape index (κ3) is 6.96. The van der Waals surface area contributed by atoms with Gasteiger partial charge in [0, 0.05) is 19.0 Å². The van der Waals surface area contributed by atoms with Crippen molar-refractivity contribution in [2.75, 3.05) is 33.4 Å². The van der Waals surface area contributed by atoms with Crippen molar-refractivity contribution in [3.63, 3.8) is 0 Å². The van der Waals surface area contributed by atoms with Gasteiger partial charge in [-0.25, -0.2) is 4.39 Å². The molecule has 3 rings (SSSR count). The molecule has 1 heterocycles. The number of methoxy groups -OCH3 is 1. The summed E-state index contributed by atoms with van der Waals surface area (Å²) in [7, 11) is 1.65. The van der Waals surface area contributed by atoms with Gasteiger partial charge in [-0.1, -0.05) is 18.2 Å². The third-order valence-electron chi connectivity index (χ3n) is 5.75. The van der Waals surface area contributed by atoms with Gasteiger partial charge in [0.25, 0.3) is 0 Å². The standard InChI is InChI=1S/C25H33FN2O3/c1-3-31-23-11-8-19(17-24(23)30-2)5-4-14-27-25(29)21-12-15-28(16-13-21)18-20-6-9-22(26)10-7-20/h6-11,17,21H,3-5,12-16,18H2,1-2H3,(H,27,29). The molecule has 1 aliphatic rings. The van der Waals surface area contributed by atoms with Crippen LogP contribution in [0.1, 0.15) is 37.3 Å². The van der Waals surface area contributed by atoms with E-state index in [-0.39, 0.29) is 17.6 Å². The van der Waals surface area contributed by atoms with Gasteiger partial charge in [0.05, 0.1) is 13.7 Å². The minimum atomic E-state index is -0.208. The number of ether oxygens (including phenoxy) is 2. The molecule has 6 heteroatoms. The Bertz CT molecular complexity index is 833. The highest BCUT2D eigenvalue weighted by atomic mass is 19.1. The van der Waals surface area contributed by atoms with Gasteiger partial charge < -0.3 is 14.8 Å². The topological polar surface area (TPSA) is 50.8 Å². The lowest BCUT2D eigenvalue weighted by molar-refractivity contribution is -0.126. The van der Waals surface area contributed by atoms with E-state index in [4.69, 9.17) is 9.47 Å². The molecule has 0 bridgehead atoms. The van der Waals surface area contributed by atoms with E-state index < -0.39 is 0 Å². The molecule has 0 aliphatic carbocycles. The molecule has 2 aromatic carbocycles. The molecule has 1 N–H and O–H groups in total. The number of nitrogens with one attached hydrogen (secondary N) is 1. The predicted molar refractivity (Wildman–Crippen MR) is 120 cm³/mol. The summed E-state index contributed by atoms with van der Waals surface area (Å²) in [4.78, 5) is 14.9. The maximum absolute atomic E-state index is 13.0. The number of nitrogens with zero attached hydrogens (tertiary/aromatic N) is 1. The van der Waals surface area contributed by atoms with E-state index in [1.54, 1.807) is 7.11 Å². The molecule has 0 saturated carbocycles. The Hall–Kier alpha value is -2.60. The number of carbonyl (C=O) groups excluding carboxylic acids is 1. The van der Waals surface area contributed by atoms with Gasteiger partial charge in [-0.3, -0.25) is 9.69 Å². The van der Waals surface area contributed by atoms with Gasteiger partial charge in [-0.2, -0.15) is 0 Å². The Balaban J connectivity index is 1.35. The normalized spacial score (nSPS) is 14.9. The zero-order chi connectivity index (χ0) is 22.1. The van der Waals surface area contributed by atoms with Crippen LogP contribution in [-0.4, -0.2) is 44.2 Å². The SMILES string of the molecule is CCOc1ccc(CCCNC(=O)C2CCN(Cc3ccc(F)cc3)CC2)cc1OC. The third-order valence-corrected chi connectivity index (χ3v) is 5.75. The molecule has 5 nitrogen and oxygen atoms in total. The monoisotopic (exact) mass is 428 g/mol. The summed E-state index contributed by atoms with van der Waals surface area (Å²) < 4.78 is 24.0. The van der Waals surface area contributed by atoms with Crippen molar-refractivity contribution >= 4 is 5.91 Å². The quantitative estimate of drug-likeness (QED) is 0.577. The first-order chi connectivity index (χ1) is 15.1. The highest BCUT2D eigenvalue weighted by molar-refractivity contribution is 5.78. The van der Waals surface area contributed by atoms with E-state index in [0.717, 1.165) is 62.4 Å². The number of hydrogen-bond acceptors (Lipinski definition) is 4. The zero-order valence-corrected chi connectivity index (χ0v) is 18.5. The molecule has 31 heavy (non-hydrogen) atoms. The highest BCUT2D eigenvalue weighted by Crippen LogP contribution is 2.28. The van der Waals surface area contributed by atoms with Crippen LogP contribution in [0.4, 0.5) is 4.39 Å². The lowest BCUT2D eigenvalue weighted by Gasteiger charge is -2.31. The van der Waals surface area contributed by atoms with Gasteiger partial charge in [-0.15, -0.1) is 0 Å². The van der Waals surface area contributed by atoms with Crippen LogP contribution in [0.5, 0.6) is 11.5 Å². The Kier molecular flexibility index (Phi) is 8.71. The second-order valence-corrected chi connectivity index (χ2v) is 7.99. The number of aryl methyl sites for hydroxylation is 1. The molecule has 0 atom stereocenters. The van der Waals surface area contributed by atoms with Gasteiger partial charge in [0.15, 0.2) is 11.5 Å². The number of rotatable bonds is 10. The summed E-state index contributed by atoms with van der Waals surface area (Å²) >= 11 is 0. The molecule has 1 fully saturated rings. The van der Waals surface area contributed by atoms with Gasteiger partial charge in [-0.05, 0) is 81.1 Å². The van der Waals surface area contributed by atoms with Crippen LogP contribution in [-0.2, 0) is 17.8 Å². The smallest absolute Gasteiger partial charge is 0.223 e. The number of halogens is 1. The van der Waals surface area contributed by atoms with Crippen molar-refractivity contribution in [1.82, 2.24) is 10.2 Å². The first-order valence-corrected chi connectivity index (χ1v) is 11.1. The molecule has 168 valence electrons. The number of piperidine rings is 1. The molecule has 2 aromatic rings. The van der Waals surface area contributed by atoms with E-state index in [1.165, 1.54) is 17.7 Å². The van der Waals surface area contributed by atoms with Gasteiger partial charge in [0.2, 0.25) is 5.91 Å². The van der Waals surface area contributed by atoms with Gasteiger partial charge >= 0.3 is 0 Å². The summed E-state index contributed by atoms with van der Waals surface area (Å²) in [5.74, 6) is 1.53. The van der Waals surface area contributed by atoms with E-state index >= 15 is 0 Å². The Morgan fingerprint density at radius 1 is 1.10 bits per heavy atom. The summed E-state index contributed by atoms with van der Waals surface area (Å²) in [6.45, 7) is 5.81. The van der Waals surface area contributed by atoms with Crippen molar-refractivity contribution in [2.24, 2.45) is 5.92 Å². The molecule has 0 unspecified atom stereocenters. The molecule has 0 aromatic heterocycles. The maximum atomic E-state index is 13.0. The molecule has 0 spiro atoms. The minimum Gasteiger partial charge on any atom is -0.493 e. The molecule has 1 amide bonds. The number of carbonyl (C=O) groups is 1. The molecule has 1 saturated heterocycles. The van der Waals surface area contributed by atoms with Crippen LogP contribution in [0.15, 0.2) is 42.5 Å². The highest BCUT2D eigenvalue weighted by Gasteiger charge is 2.24. The summed E-state index contributed by atoms with van der Waals surface area (Å²) in [6.07, 6.45) is 3.48. The van der Waals surface area contributed by atoms with Crippen LogP contribution in [0, 0.1) is 11.7 Å². The van der Waals surface area contributed by atoms with Crippen LogP contribution in [0.3, 0.4) is 0 Å². The van der Waals surface area contributed by atoms with Gasteiger partial charge in [0.1, 0.15) is 5.82 Å². The molecular weight excluding hydrogens is 395 g/mol. The number of amides is 1. The Morgan fingerprint density at radius 3 is 2.48 bits per heavy atom. The van der Waals surface area contributed by atoms with Crippen molar-refractivity contribution in [2.45, 2.75) is 39.2 Å². The maximum Gasteiger partial charge on any atom is 0.223 e. The average Bonchev–Trinajstić information content (AvgIpc) is 2.79. The lowest BCUT2D eigenvalue weighted by Crippen LogP contribution is -2.40. The van der Waals surface area contributed by atoms with Crippen molar-refractivity contribution in [1.29, 1.82) is 0 Å². The second-order valence-electron chi connectivity index (χ2n) is 7.99. The zero-order valence-electron chi connectivity index (χ0n) is 18.5. The van der Waals surface area contributed by atoms with Crippen LogP contribution >= 0.6 is 0 Å². The second kappa shape index (κ2) is 11.7. The van der Waals surface area contributed by atoms with E-state index in [1.807, 2.05) is 37.3 Å². The minimum absolute atomic E-state index is 0.0787. The molecule has 0 radical (unpaired) electrons. The average molecular weight is 429 g/mol. The largest absolute Gasteiger partial charge is 0.493 e. The fourth-order valence-corrected chi connectivity index (χ4v) is 3.99. The van der Waals surface area contributed by atoms with Crippen LogP contribution < -0.4 is 14.8 Å². The predicted octanol–water partition coefficient (Wildman–Crippen LogP) is 4.19. The molecule has 1 aliphatic heterocycles. The van der Waals surface area contributed by atoms with Crippen molar-refractivity contribution in [3.8, 4) is 11.5 Å². The number of benzene rings is 2. The van der Waals surface area contributed by atoms with Crippen molar-refractivity contribution < 1.29 is 18.7 Å². The van der Waals surface area contributed by atoms with Crippen LogP contribution in [0.2, 0.25) is 0 Å². The Labute approximate surface area is 184 Å². The van der Waals surface area contributed by atoms with Crippen LogP contribution in [0.25, 0.3) is 0 Å². The van der Waals surface area contributed by atoms with E-state index in [9.17, 15) is 9.18 Å². The summed E-state index contributed by atoms with van der Waals surface area (Å²) in [5, 5.41) is 3.10. The summed E-state index contributed by atoms with van der Waals surface area (Å²) in [5.41, 5.74) is 2.28. The van der Waals surface area contributed by atoms with E-state index in [0.29, 0.717) is 13.2 Å². The van der Waals surface area contributed by atoms with Crippen molar-refractivity contribution in [3.05, 3.63) is 59.4 Å². The first-order valence-electron chi connectivity index (χ1n) is 11.1. The van der Waals surface area contributed by atoms with E-state index in [2.05, 4.69) is 10.2 Å². The molecular formula is C25H33FN2O3. The number of hydrogen-bond donors (Lipinski definition) is 1. The number of likely N-dealkylation sites (tertiary alicyclic amines) is 1.